The third-order valence-corrected chi connectivity index (χ3v) is 10.4. The van der Waals surface area contributed by atoms with Crippen LogP contribution in [0.5, 0.6) is 0 Å². The summed E-state index contributed by atoms with van der Waals surface area (Å²) in [4.78, 5) is 37.6. The molecule has 1 atom stereocenters. The fraction of sp³-hybridized carbons (Fsp3) is 0.691. The first kappa shape index (κ1) is 57.6. The van der Waals surface area contributed by atoms with Crippen LogP contribution in [0.25, 0.3) is 0 Å². The molecule has 0 spiro atoms. The number of carbonyl (C=O) groups excluding carboxylic acids is 3. The molecule has 0 aliphatic carbocycles. The Kier molecular flexibility index (Phi) is 46.5. The molecule has 6 nitrogen and oxygen atoms in total. The van der Waals surface area contributed by atoms with Crippen LogP contribution in [0.2, 0.25) is 0 Å². The molecule has 0 N–H and O–H groups in total. The van der Waals surface area contributed by atoms with Gasteiger partial charge >= 0.3 is 17.9 Å². The van der Waals surface area contributed by atoms with Crippen LogP contribution in [0.4, 0.5) is 0 Å². The van der Waals surface area contributed by atoms with Gasteiger partial charge in [-0.1, -0.05) is 202 Å². The first-order valence-corrected chi connectivity index (χ1v) is 25.1. The Morgan fingerprint density at radius 1 is 0.344 bits per heavy atom. The van der Waals surface area contributed by atoms with Gasteiger partial charge in [0, 0.05) is 19.3 Å². The molecule has 0 fully saturated rings. The van der Waals surface area contributed by atoms with Gasteiger partial charge in [-0.3, -0.25) is 14.4 Å². The SMILES string of the molecule is CC/C=C\C/C=C\C/C=C\C/C=C\C/C=C\CCCCCCCCCCCC(=O)OCC(COC(=O)CCCCCCC)OC(=O)CCCCCCC/C=C\C/C=C\CCC. The summed E-state index contributed by atoms with van der Waals surface area (Å²) < 4.78 is 16.6. The Balaban J connectivity index is 4.14. The van der Waals surface area contributed by atoms with Crippen molar-refractivity contribution in [2.24, 2.45) is 0 Å². The molecule has 61 heavy (non-hydrogen) atoms. The highest BCUT2D eigenvalue weighted by Gasteiger charge is 2.19. The number of hydrogen-bond acceptors (Lipinski definition) is 6. The number of allylic oxidation sites excluding steroid dienone is 14. The van der Waals surface area contributed by atoms with E-state index in [4.69, 9.17) is 14.2 Å². The molecule has 0 radical (unpaired) electrons. The van der Waals surface area contributed by atoms with Crippen LogP contribution < -0.4 is 0 Å². The molecule has 0 saturated carbocycles. The summed E-state index contributed by atoms with van der Waals surface area (Å²) in [7, 11) is 0. The molecule has 0 saturated heterocycles. The standard InChI is InChI=1S/C55H92O6/c1-4-7-10-13-15-17-19-21-22-23-24-25-26-27-28-29-30-31-32-34-35-37-39-42-45-48-54(57)60-51-52(50-59-53(56)47-44-41-12-9-6-3)61-55(58)49-46-43-40-38-36-33-20-18-16-14-11-8-5-2/h7,10-11,14-15,17-18,20-22,24-25,27-28,52H,4-6,8-9,12-13,16,19,23,26,29-51H2,1-3H3/b10-7-,14-11-,17-15-,20-18-,22-21-,25-24-,28-27-. The summed E-state index contributed by atoms with van der Waals surface area (Å²) in [6.45, 7) is 6.35. The van der Waals surface area contributed by atoms with Crippen molar-refractivity contribution in [1.29, 1.82) is 0 Å². The first-order chi connectivity index (χ1) is 30.0. The maximum absolute atomic E-state index is 12.7. The van der Waals surface area contributed by atoms with Crippen LogP contribution in [0, 0.1) is 0 Å². The molecule has 0 rings (SSSR count). The topological polar surface area (TPSA) is 78.9 Å². The molecule has 0 heterocycles. The minimum absolute atomic E-state index is 0.0852. The van der Waals surface area contributed by atoms with E-state index in [1.165, 1.54) is 51.4 Å². The maximum atomic E-state index is 12.7. The molecular weight excluding hydrogens is 757 g/mol. The largest absolute Gasteiger partial charge is 0.462 e. The zero-order valence-corrected chi connectivity index (χ0v) is 39.7. The van der Waals surface area contributed by atoms with Crippen LogP contribution in [0.3, 0.4) is 0 Å². The van der Waals surface area contributed by atoms with Gasteiger partial charge in [-0.15, -0.1) is 0 Å². The third-order valence-electron chi connectivity index (χ3n) is 10.4. The highest BCUT2D eigenvalue weighted by molar-refractivity contribution is 5.71. The zero-order valence-electron chi connectivity index (χ0n) is 39.7. The Morgan fingerprint density at radius 2 is 0.672 bits per heavy atom. The van der Waals surface area contributed by atoms with Crippen LogP contribution in [0.15, 0.2) is 85.1 Å². The Hall–Kier alpha value is -3.41. The van der Waals surface area contributed by atoms with Gasteiger partial charge in [0.2, 0.25) is 0 Å². The molecule has 1 unspecified atom stereocenters. The van der Waals surface area contributed by atoms with Crippen molar-refractivity contribution in [3.63, 3.8) is 0 Å². The van der Waals surface area contributed by atoms with Gasteiger partial charge < -0.3 is 14.2 Å². The lowest BCUT2D eigenvalue weighted by atomic mass is 10.1. The second kappa shape index (κ2) is 49.2. The summed E-state index contributed by atoms with van der Waals surface area (Å²) in [6, 6.07) is 0. The molecule has 0 bridgehead atoms. The average Bonchev–Trinajstić information content (AvgIpc) is 3.26. The van der Waals surface area contributed by atoms with Crippen LogP contribution in [0.1, 0.15) is 226 Å². The van der Waals surface area contributed by atoms with E-state index in [0.29, 0.717) is 19.3 Å². The smallest absolute Gasteiger partial charge is 0.306 e. The van der Waals surface area contributed by atoms with E-state index in [2.05, 4.69) is 106 Å². The van der Waals surface area contributed by atoms with Gasteiger partial charge in [0.15, 0.2) is 6.10 Å². The van der Waals surface area contributed by atoms with Gasteiger partial charge in [0.05, 0.1) is 0 Å². The average molecular weight is 849 g/mol. The molecule has 6 heteroatoms. The summed E-state index contributed by atoms with van der Waals surface area (Å²) in [5, 5.41) is 0. The Bertz CT molecular complexity index is 1200. The fourth-order valence-electron chi connectivity index (χ4n) is 6.62. The van der Waals surface area contributed by atoms with Crippen LogP contribution >= 0.6 is 0 Å². The van der Waals surface area contributed by atoms with Crippen LogP contribution in [-0.2, 0) is 28.6 Å². The molecule has 0 aliphatic rings. The second-order valence-corrected chi connectivity index (χ2v) is 16.3. The van der Waals surface area contributed by atoms with Crippen molar-refractivity contribution >= 4 is 17.9 Å². The predicted octanol–water partition coefficient (Wildman–Crippen LogP) is 16.4. The van der Waals surface area contributed by atoms with Crippen molar-refractivity contribution in [3.05, 3.63) is 85.1 Å². The van der Waals surface area contributed by atoms with E-state index in [9.17, 15) is 14.4 Å². The normalized spacial score (nSPS) is 12.8. The molecule has 0 amide bonds. The van der Waals surface area contributed by atoms with Gasteiger partial charge in [-0.2, -0.15) is 0 Å². The Morgan fingerprint density at radius 3 is 1.07 bits per heavy atom. The summed E-state index contributed by atoms with van der Waals surface area (Å²) in [5.41, 5.74) is 0. The van der Waals surface area contributed by atoms with E-state index in [1.807, 2.05) is 0 Å². The first-order valence-electron chi connectivity index (χ1n) is 25.1. The highest BCUT2D eigenvalue weighted by atomic mass is 16.6. The van der Waals surface area contributed by atoms with Gasteiger partial charge in [0.1, 0.15) is 13.2 Å². The van der Waals surface area contributed by atoms with E-state index < -0.39 is 6.10 Å². The van der Waals surface area contributed by atoms with Gasteiger partial charge in [-0.05, 0) is 89.9 Å². The quantitative estimate of drug-likeness (QED) is 0.0263. The molecule has 0 aromatic rings. The van der Waals surface area contributed by atoms with E-state index in [1.54, 1.807) is 0 Å². The zero-order chi connectivity index (χ0) is 44.4. The molecule has 0 aromatic carbocycles. The fourth-order valence-corrected chi connectivity index (χ4v) is 6.62. The predicted molar refractivity (Wildman–Crippen MR) is 261 cm³/mol. The number of unbranched alkanes of at least 4 members (excludes halogenated alkanes) is 19. The number of rotatable bonds is 44. The minimum Gasteiger partial charge on any atom is -0.462 e. The molecule has 348 valence electrons. The number of ether oxygens (including phenoxy) is 3. The highest BCUT2D eigenvalue weighted by Crippen LogP contribution is 2.14. The lowest BCUT2D eigenvalue weighted by molar-refractivity contribution is -0.167. The van der Waals surface area contributed by atoms with E-state index >= 15 is 0 Å². The summed E-state index contributed by atoms with van der Waals surface area (Å²) in [5.74, 6) is -0.923. The monoisotopic (exact) mass is 849 g/mol. The Labute approximate surface area is 375 Å². The van der Waals surface area contributed by atoms with Gasteiger partial charge in [-0.25, -0.2) is 0 Å². The van der Waals surface area contributed by atoms with Crippen molar-refractivity contribution in [1.82, 2.24) is 0 Å². The summed E-state index contributed by atoms with van der Waals surface area (Å²) in [6.07, 6.45) is 63.2. The van der Waals surface area contributed by atoms with Crippen molar-refractivity contribution in [3.8, 4) is 0 Å². The maximum Gasteiger partial charge on any atom is 0.306 e. The van der Waals surface area contributed by atoms with E-state index in [-0.39, 0.29) is 31.1 Å². The van der Waals surface area contributed by atoms with Gasteiger partial charge in [0.25, 0.3) is 0 Å². The molecule has 0 aromatic heterocycles. The number of carbonyl (C=O) groups is 3. The molecule has 0 aliphatic heterocycles. The summed E-state index contributed by atoms with van der Waals surface area (Å²) >= 11 is 0. The number of hydrogen-bond donors (Lipinski definition) is 0. The van der Waals surface area contributed by atoms with Crippen LogP contribution in [-0.4, -0.2) is 37.2 Å². The number of esters is 3. The lowest BCUT2D eigenvalue weighted by Crippen LogP contribution is -2.30. The van der Waals surface area contributed by atoms with Crippen molar-refractivity contribution in [2.45, 2.75) is 232 Å². The van der Waals surface area contributed by atoms with Crippen molar-refractivity contribution < 1.29 is 28.6 Å². The lowest BCUT2D eigenvalue weighted by Gasteiger charge is -2.18. The minimum atomic E-state index is -0.781. The van der Waals surface area contributed by atoms with E-state index in [0.717, 1.165) is 135 Å². The molecular formula is C55H92O6. The second-order valence-electron chi connectivity index (χ2n) is 16.3. The van der Waals surface area contributed by atoms with Crippen molar-refractivity contribution in [2.75, 3.05) is 13.2 Å². The third kappa shape index (κ3) is 47.5.